The van der Waals surface area contributed by atoms with Crippen molar-refractivity contribution in [1.29, 1.82) is 0 Å². The number of rotatable bonds is 1. The molecule has 1 heterocycles. The molecule has 0 aliphatic heterocycles. The predicted octanol–water partition coefficient (Wildman–Crippen LogP) is 2.55. The van der Waals surface area contributed by atoms with Crippen LogP contribution >= 0.6 is 27.5 Å². The Labute approximate surface area is 81.3 Å². The topological polar surface area (TPSA) is 59.4 Å². The predicted molar refractivity (Wildman–Crippen MR) is 45.6 cm³/mol. The molecule has 0 unspecified atom stereocenters. The average molecular weight is 252 g/mol. The Bertz CT molecular complexity index is 318. The van der Waals surface area contributed by atoms with Gasteiger partial charge in [-0.05, 0) is 15.9 Å². The highest BCUT2D eigenvalue weighted by Gasteiger charge is 2.04. The van der Waals surface area contributed by atoms with Gasteiger partial charge in [0, 0.05) is 12.3 Å². The molecule has 1 aromatic heterocycles. The molecule has 0 bridgehead atoms. The number of hydrogen-bond donors (Lipinski definition) is 1. The summed E-state index contributed by atoms with van der Waals surface area (Å²) in [5, 5.41) is 8.56. The fourth-order valence-electron chi connectivity index (χ4n) is 0.542. The summed E-state index contributed by atoms with van der Waals surface area (Å²) in [4.78, 5) is 13.7. The molecule has 1 N–H and O–H groups in total. The number of aromatic nitrogens is 1. The lowest BCUT2D eigenvalue weighted by molar-refractivity contribution is 0.142. The van der Waals surface area contributed by atoms with Crippen LogP contribution in [0.3, 0.4) is 0 Å². The Hall–Kier alpha value is -0.810. The minimum absolute atomic E-state index is 0.0456. The van der Waals surface area contributed by atoms with Crippen molar-refractivity contribution in [3.63, 3.8) is 0 Å². The molecule has 0 aromatic carbocycles. The lowest BCUT2D eigenvalue weighted by atomic mass is 10.5. The van der Waals surface area contributed by atoms with Crippen molar-refractivity contribution in [2.45, 2.75) is 0 Å². The number of carboxylic acid groups (broad SMARTS) is 1. The van der Waals surface area contributed by atoms with E-state index in [1.807, 2.05) is 0 Å². The molecule has 64 valence electrons. The smallest absolute Gasteiger partial charge is 0.449 e. The molecule has 0 saturated carbocycles. The van der Waals surface area contributed by atoms with Crippen LogP contribution in [0, 0.1) is 0 Å². The van der Waals surface area contributed by atoms with Crippen molar-refractivity contribution in [1.82, 2.24) is 4.98 Å². The SMILES string of the molecule is O=C(O)Oc1cc(Cl)c(Br)cn1. The Balaban J connectivity index is 2.89. The minimum atomic E-state index is -1.42. The van der Waals surface area contributed by atoms with Crippen molar-refractivity contribution < 1.29 is 14.6 Å². The second-order valence-corrected chi connectivity index (χ2v) is 3.07. The molecule has 0 aliphatic rings. The normalized spacial score (nSPS) is 9.50. The highest BCUT2D eigenvalue weighted by molar-refractivity contribution is 9.10. The van der Waals surface area contributed by atoms with E-state index in [0.29, 0.717) is 9.50 Å². The molecule has 0 fully saturated rings. The van der Waals surface area contributed by atoms with E-state index < -0.39 is 6.16 Å². The maximum atomic E-state index is 10.0. The summed E-state index contributed by atoms with van der Waals surface area (Å²) in [6, 6.07) is 1.31. The van der Waals surface area contributed by atoms with Crippen LogP contribution in [0.2, 0.25) is 5.02 Å². The van der Waals surface area contributed by atoms with Gasteiger partial charge in [-0.1, -0.05) is 11.6 Å². The van der Waals surface area contributed by atoms with Gasteiger partial charge in [-0.15, -0.1) is 0 Å². The van der Waals surface area contributed by atoms with E-state index in [9.17, 15) is 4.79 Å². The maximum absolute atomic E-state index is 10.0. The van der Waals surface area contributed by atoms with Crippen molar-refractivity contribution in [2.24, 2.45) is 0 Å². The largest absolute Gasteiger partial charge is 0.512 e. The quantitative estimate of drug-likeness (QED) is 0.780. The van der Waals surface area contributed by atoms with E-state index in [1.165, 1.54) is 12.3 Å². The number of carbonyl (C=O) groups is 1. The monoisotopic (exact) mass is 251 g/mol. The van der Waals surface area contributed by atoms with Crippen molar-refractivity contribution >= 4 is 33.7 Å². The Kier molecular flexibility index (Phi) is 2.88. The number of hydrogen-bond acceptors (Lipinski definition) is 3. The number of halogens is 2. The van der Waals surface area contributed by atoms with E-state index in [-0.39, 0.29) is 5.88 Å². The van der Waals surface area contributed by atoms with Crippen LogP contribution < -0.4 is 4.74 Å². The third-order valence-electron chi connectivity index (χ3n) is 0.975. The summed E-state index contributed by atoms with van der Waals surface area (Å²) >= 11 is 8.74. The Morgan fingerprint density at radius 2 is 2.42 bits per heavy atom. The standard InChI is InChI=1S/C6H3BrClNO3/c7-3-2-9-5(1-4(3)8)12-6(10)11/h1-2H,(H,10,11). The molecular weight excluding hydrogens is 249 g/mol. The molecule has 0 atom stereocenters. The van der Waals surface area contributed by atoms with E-state index in [2.05, 4.69) is 25.7 Å². The zero-order chi connectivity index (χ0) is 9.14. The van der Waals surface area contributed by atoms with Crippen LogP contribution in [0.4, 0.5) is 4.79 Å². The number of nitrogens with zero attached hydrogens (tertiary/aromatic N) is 1. The molecule has 0 saturated heterocycles. The average Bonchev–Trinajstić information content (AvgIpc) is 1.96. The molecule has 0 spiro atoms. The van der Waals surface area contributed by atoms with E-state index in [1.54, 1.807) is 0 Å². The van der Waals surface area contributed by atoms with E-state index >= 15 is 0 Å². The second kappa shape index (κ2) is 3.73. The fourth-order valence-corrected chi connectivity index (χ4v) is 0.901. The molecular formula is C6H3BrClNO3. The lowest BCUT2D eigenvalue weighted by Gasteiger charge is -1.99. The van der Waals surface area contributed by atoms with Gasteiger partial charge in [-0.25, -0.2) is 9.78 Å². The van der Waals surface area contributed by atoms with Crippen LogP contribution in [0.5, 0.6) is 5.88 Å². The maximum Gasteiger partial charge on any atom is 0.512 e. The molecule has 1 aromatic rings. The second-order valence-electron chi connectivity index (χ2n) is 1.80. The van der Waals surface area contributed by atoms with Gasteiger partial charge in [0.05, 0.1) is 9.50 Å². The Morgan fingerprint density at radius 1 is 1.75 bits per heavy atom. The third kappa shape index (κ3) is 2.35. The van der Waals surface area contributed by atoms with Gasteiger partial charge in [0.25, 0.3) is 0 Å². The van der Waals surface area contributed by atoms with Gasteiger partial charge in [-0.2, -0.15) is 0 Å². The summed E-state index contributed by atoms with van der Waals surface area (Å²) in [6.45, 7) is 0. The van der Waals surface area contributed by atoms with Gasteiger partial charge in [0.1, 0.15) is 0 Å². The third-order valence-corrected chi connectivity index (χ3v) is 2.15. The summed E-state index contributed by atoms with van der Waals surface area (Å²) in [6.07, 6.45) is -0.0541. The fraction of sp³-hybridized carbons (Fsp3) is 0. The molecule has 6 heteroatoms. The first-order valence-electron chi connectivity index (χ1n) is 2.81. The first-order chi connectivity index (χ1) is 5.59. The van der Waals surface area contributed by atoms with Gasteiger partial charge in [0.15, 0.2) is 0 Å². The number of ether oxygens (including phenoxy) is 1. The van der Waals surface area contributed by atoms with Crippen LogP contribution in [-0.2, 0) is 0 Å². The van der Waals surface area contributed by atoms with Gasteiger partial charge in [0.2, 0.25) is 5.88 Å². The molecule has 0 radical (unpaired) electrons. The highest BCUT2D eigenvalue weighted by atomic mass is 79.9. The van der Waals surface area contributed by atoms with E-state index in [0.717, 1.165) is 0 Å². The van der Waals surface area contributed by atoms with E-state index in [4.69, 9.17) is 16.7 Å². The summed E-state index contributed by atoms with van der Waals surface area (Å²) in [7, 11) is 0. The van der Waals surface area contributed by atoms with Gasteiger partial charge >= 0.3 is 6.16 Å². The van der Waals surface area contributed by atoms with Crippen molar-refractivity contribution in [3.8, 4) is 5.88 Å². The molecule has 0 amide bonds. The van der Waals surface area contributed by atoms with Crippen molar-refractivity contribution in [2.75, 3.05) is 0 Å². The molecule has 1 rings (SSSR count). The molecule has 4 nitrogen and oxygen atoms in total. The van der Waals surface area contributed by atoms with Crippen LogP contribution in [0.25, 0.3) is 0 Å². The first-order valence-corrected chi connectivity index (χ1v) is 3.98. The number of pyridine rings is 1. The van der Waals surface area contributed by atoms with Crippen LogP contribution in [0.15, 0.2) is 16.7 Å². The first kappa shape index (κ1) is 9.28. The zero-order valence-corrected chi connectivity index (χ0v) is 7.96. The zero-order valence-electron chi connectivity index (χ0n) is 5.62. The van der Waals surface area contributed by atoms with Crippen LogP contribution in [0.1, 0.15) is 0 Å². The molecule has 0 aliphatic carbocycles. The van der Waals surface area contributed by atoms with Gasteiger partial charge < -0.3 is 9.84 Å². The summed E-state index contributed by atoms with van der Waals surface area (Å²) in [5.74, 6) is -0.0456. The minimum Gasteiger partial charge on any atom is -0.449 e. The van der Waals surface area contributed by atoms with Gasteiger partial charge in [-0.3, -0.25) is 0 Å². The summed E-state index contributed by atoms with van der Waals surface area (Å²) < 4.78 is 4.84. The Morgan fingerprint density at radius 3 is 2.92 bits per heavy atom. The lowest BCUT2D eigenvalue weighted by Crippen LogP contribution is -2.04. The summed E-state index contributed by atoms with van der Waals surface area (Å²) in [5.41, 5.74) is 0. The highest BCUT2D eigenvalue weighted by Crippen LogP contribution is 2.24. The van der Waals surface area contributed by atoms with Crippen molar-refractivity contribution in [3.05, 3.63) is 21.8 Å². The van der Waals surface area contributed by atoms with Crippen LogP contribution in [-0.4, -0.2) is 16.2 Å². The molecule has 12 heavy (non-hydrogen) atoms.